The van der Waals surface area contributed by atoms with E-state index < -0.39 is 29.2 Å². The predicted molar refractivity (Wildman–Crippen MR) is 107 cm³/mol. The molecule has 4 rings (SSSR count). The number of halogens is 4. The summed E-state index contributed by atoms with van der Waals surface area (Å²) in [5.74, 6) is -1.29. The van der Waals surface area contributed by atoms with E-state index in [1.807, 2.05) is 5.10 Å². The third-order valence-corrected chi connectivity index (χ3v) is 4.91. The van der Waals surface area contributed by atoms with Gasteiger partial charge in [0.1, 0.15) is 11.5 Å². The molecule has 2 heterocycles. The highest BCUT2D eigenvalue weighted by Crippen LogP contribution is 2.35. The summed E-state index contributed by atoms with van der Waals surface area (Å²) in [7, 11) is 1.38. The molecule has 0 aliphatic heterocycles. The first-order chi connectivity index (χ1) is 15.2. The van der Waals surface area contributed by atoms with Crippen molar-refractivity contribution in [1.82, 2.24) is 25.1 Å². The molecule has 11 heteroatoms. The maximum atomic E-state index is 13.9. The Morgan fingerprint density at radius 2 is 1.97 bits per heavy atom. The van der Waals surface area contributed by atoms with Gasteiger partial charge in [-0.25, -0.2) is 9.37 Å². The number of fused-ring (bicyclic) bond motifs is 1. The van der Waals surface area contributed by atoms with Crippen LogP contribution in [-0.4, -0.2) is 32.7 Å². The molecular formula is C21H15F4N5O2. The molecule has 0 fully saturated rings. The molecule has 0 atom stereocenters. The monoisotopic (exact) mass is 445 g/mol. The first-order valence-electron chi connectivity index (χ1n) is 9.29. The molecule has 0 saturated heterocycles. The van der Waals surface area contributed by atoms with Crippen LogP contribution in [0.3, 0.4) is 0 Å². The quantitative estimate of drug-likeness (QED) is 0.472. The fourth-order valence-corrected chi connectivity index (χ4v) is 3.34. The number of benzene rings is 2. The lowest BCUT2D eigenvalue weighted by molar-refractivity contribution is -0.140. The van der Waals surface area contributed by atoms with Crippen LogP contribution in [0.5, 0.6) is 0 Å². The second kappa shape index (κ2) is 7.91. The number of nitrogens with zero attached hydrogens (tertiary/aromatic N) is 3. The van der Waals surface area contributed by atoms with E-state index in [4.69, 9.17) is 0 Å². The Bertz CT molecular complexity index is 1390. The number of aromatic amines is 1. The highest BCUT2D eigenvalue weighted by molar-refractivity contribution is 5.94. The van der Waals surface area contributed by atoms with Gasteiger partial charge < -0.3 is 5.32 Å². The highest BCUT2D eigenvalue weighted by atomic mass is 19.4. The lowest BCUT2D eigenvalue weighted by Gasteiger charge is -2.10. The number of aromatic nitrogens is 4. The summed E-state index contributed by atoms with van der Waals surface area (Å²) >= 11 is 0. The van der Waals surface area contributed by atoms with Gasteiger partial charge in [-0.2, -0.15) is 18.3 Å². The first kappa shape index (κ1) is 21.2. The van der Waals surface area contributed by atoms with E-state index in [1.165, 1.54) is 48.3 Å². The zero-order chi connectivity index (χ0) is 23.0. The van der Waals surface area contributed by atoms with Crippen LogP contribution in [0.2, 0.25) is 0 Å². The van der Waals surface area contributed by atoms with Crippen molar-refractivity contribution in [3.63, 3.8) is 0 Å². The average molecular weight is 445 g/mol. The lowest BCUT2D eigenvalue weighted by Crippen LogP contribution is -2.22. The summed E-state index contributed by atoms with van der Waals surface area (Å²) in [6, 6.07) is 8.07. The molecule has 0 spiro atoms. The van der Waals surface area contributed by atoms with Gasteiger partial charge in [0.25, 0.3) is 11.5 Å². The van der Waals surface area contributed by atoms with Gasteiger partial charge in [-0.1, -0.05) is 12.1 Å². The van der Waals surface area contributed by atoms with E-state index >= 15 is 0 Å². The van der Waals surface area contributed by atoms with E-state index in [0.29, 0.717) is 5.56 Å². The topological polar surface area (TPSA) is 92.7 Å². The third-order valence-electron chi connectivity index (χ3n) is 4.91. The van der Waals surface area contributed by atoms with Crippen LogP contribution in [0.4, 0.5) is 17.6 Å². The number of rotatable bonds is 4. The Kier molecular flexibility index (Phi) is 5.25. The number of alkyl halides is 3. The summed E-state index contributed by atoms with van der Waals surface area (Å²) in [5, 5.41) is 7.95. The van der Waals surface area contributed by atoms with Gasteiger partial charge in [0.05, 0.1) is 35.5 Å². The van der Waals surface area contributed by atoms with Crippen molar-refractivity contribution in [2.45, 2.75) is 12.7 Å². The summed E-state index contributed by atoms with van der Waals surface area (Å²) in [6.07, 6.45) is -2.30. The molecule has 2 aromatic heterocycles. The SMILES string of the molecule is CNC(=O)c1cc(Cn2cnc3cc(-c4cn[nH]c4C(F)(F)F)ccc3c2=O)ccc1F. The van der Waals surface area contributed by atoms with Gasteiger partial charge in [0.2, 0.25) is 0 Å². The molecule has 0 radical (unpaired) electrons. The fraction of sp³-hybridized carbons (Fsp3) is 0.143. The van der Waals surface area contributed by atoms with Gasteiger partial charge in [-0.05, 0) is 35.4 Å². The molecule has 0 aliphatic carbocycles. The van der Waals surface area contributed by atoms with Crippen molar-refractivity contribution in [2.24, 2.45) is 0 Å². The number of carbonyl (C=O) groups excluding carboxylic acids is 1. The van der Waals surface area contributed by atoms with Gasteiger partial charge in [0, 0.05) is 12.6 Å². The summed E-state index contributed by atoms with van der Waals surface area (Å²) in [5.41, 5.74) is -0.822. The average Bonchev–Trinajstić information content (AvgIpc) is 3.27. The zero-order valence-electron chi connectivity index (χ0n) is 16.5. The first-order valence-corrected chi connectivity index (χ1v) is 9.29. The molecule has 0 saturated carbocycles. The van der Waals surface area contributed by atoms with Gasteiger partial charge >= 0.3 is 6.18 Å². The van der Waals surface area contributed by atoms with E-state index in [0.717, 1.165) is 12.3 Å². The van der Waals surface area contributed by atoms with Crippen LogP contribution >= 0.6 is 0 Å². The number of hydrogen-bond donors (Lipinski definition) is 2. The van der Waals surface area contributed by atoms with Crippen LogP contribution in [0, 0.1) is 5.82 Å². The van der Waals surface area contributed by atoms with E-state index in [-0.39, 0.29) is 34.1 Å². The Hall–Kier alpha value is -4.02. The molecule has 0 aliphatic rings. The van der Waals surface area contributed by atoms with Crippen molar-refractivity contribution in [3.05, 3.63) is 81.9 Å². The second-order valence-electron chi connectivity index (χ2n) is 6.96. The smallest absolute Gasteiger partial charge is 0.355 e. The van der Waals surface area contributed by atoms with Crippen LogP contribution in [-0.2, 0) is 12.7 Å². The standard InChI is InChI=1S/C21H15F4N5O2/c1-26-19(31)14-6-11(2-5-16(14)22)9-30-10-27-17-7-12(3-4-13(17)20(30)32)15-8-28-29-18(15)21(23,24)25/h2-8,10H,9H2,1H3,(H,26,31)(H,28,29). The summed E-state index contributed by atoms with van der Waals surface area (Å²) in [4.78, 5) is 28.8. The predicted octanol–water partition coefficient (Wildman–Crippen LogP) is 3.35. The van der Waals surface area contributed by atoms with Crippen molar-refractivity contribution in [1.29, 1.82) is 0 Å². The van der Waals surface area contributed by atoms with Gasteiger partial charge in [-0.15, -0.1) is 0 Å². The van der Waals surface area contributed by atoms with E-state index in [1.54, 1.807) is 0 Å². The number of hydrogen-bond acceptors (Lipinski definition) is 4. The van der Waals surface area contributed by atoms with Crippen molar-refractivity contribution in [2.75, 3.05) is 7.05 Å². The highest BCUT2D eigenvalue weighted by Gasteiger charge is 2.36. The molecule has 1 amide bonds. The minimum Gasteiger partial charge on any atom is -0.355 e. The van der Waals surface area contributed by atoms with Crippen LogP contribution in [0.15, 0.2) is 53.7 Å². The van der Waals surface area contributed by atoms with Crippen LogP contribution in [0.25, 0.3) is 22.0 Å². The van der Waals surface area contributed by atoms with Crippen LogP contribution in [0.1, 0.15) is 21.6 Å². The van der Waals surface area contributed by atoms with E-state index in [9.17, 15) is 27.2 Å². The molecule has 164 valence electrons. The molecule has 2 aromatic carbocycles. The van der Waals surface area contributed by atoms with Gasteiger partial charge in [-0.3, -0.25) is 19.3 Å². The fourth-order valence-electron chi connectivity index (χ4n) is 3.34. The Balaban J connectivity index is 1.71. The summed E-state index contributed by atoms with van der Waals surface area (Å²) < 4.78 is 54.6. The van der Waals surface area contributed by atoms with Crippen LogP contribution < -0.4 is 10.9 Å². The minimum absolute atomic E-state index is 0.0216. The maximum Gasteiger partial charge on any atom is 0.433 e. The third kappa shape index (κ3) is 3.84. The van der Waals surface area contributed by atoms with Crippen molar-refractivity contribution in [3.8, 4) is 11.1 Å². The van der Waals surface area contributed by atoms with E-state index in [2.05, 4.69) is 15.4 Å². The van der Waals surface area contributed by atoms with Gasteiger partial charge in [0.15, 0.2) is 0 Å². The number of amides is 1. The lowest BCUT2D eigenvalue weighted by atomic mass is 10.0. The molecule has 2 N–H and O–H groups in total. The Morgan fingerprint density at radius 1 is 1.19 bits per heavy atom. The largest absolute Gasteiger partial charge is 0.433 e. The molecule has 32 heavy (non-hydrogen) atoms. The molecule has 0 unspecified atom stereocenters. The second-order valence-corrected chi connectivity index (χ2v) is 6.96. The Morgan fingerprint density at radius 3 is 2.69 bits per heavy atom. The Labute approximate surface area is 177 Å². The zero-order valence-corrected chi connectivity index (χ0v) is 16.5. The van der Waals surface area contributed by atoms with Crippen molar-refractivity contribution < 1.29 is 22.4 Å². The molecule has 0 bridgehead atoms. The molecule has 4 aromatic rings. The number of nitrogens with one attached hydrogen (secondary N) is 2. The van der Waals surface area contributed by atoms with Crippen molar-refractivity contribution >= 4 is 16.8 Å². The number of H-pyrrole nitrogens is 1. The molecule has 7 nitrogen and oxygen atoms in total. The molecular weight excluding hydrogens is 430 g/mol. The maximum absolute atomic E-state index is 13.9. The normalized spacial score (nSPS) is 11.7. The summed E-state index contributed by atoms with van der Waals surface area (Å²) in [6.45, 7) is 0.0216. The number of carbonyl (C=O) groups is 1. The minimum atomic E-state index is -4.61.